The SMILES string of the molecule is CCOC(=O)C(=NOc1ncc(C(F)(F)F)cc1Cl)c1ccc(Cl)cc1. The molecule has 0 aliphatic rings. The zero-order chi connectivity index (χ0) is 19.3. The molecule has 0 radical (unpaired) electrons. The van der Waals surface area contributed by atoms with Gasteiger partial charge in [-0.3, -0.25) is 0 Å². The third kappa shape index (κ3) is 5.09. The summed E-state index contributed by atoms with van der Waals surface area (Å²) in [6.07, 6.45) is -4.05. The minimum Gasteiger partial charge on any atom is -0.461 e. The number of alkyl halides is 3. The van der Waals surface area contributed by atoms with Crippen molar-refractivity contribution in [1.82, 2.24) is 4.98 Å². The molecule has 1 aromatic heterocycles. The van der Waals surface area contributed by atoms with Crippen LogP contribution in [0.4, 0.5) is 13.2 Å². The Morgan fingerprint density at radius 3 is 2.42 bits per heavy atom. The van der Waals surface area contributed by atoms with Crippen LogP contribution >= 0.6 is 23.2 Å². The lowest BCUT2D eigenvalue weighted by Crippen LogP contribution is -2.20. The van der Waals surface area contributed by atoms with E-state index in [0.29, 0.717) is 22.8 Å². The summed E-state index contributed by atoms with van der Waals surface area (Å²) in [7, 11) is 0. The monoisotopic (exact) mass is 406 g/mol. The minimum absolute atomic E-state index is 0.0880. The largest absolute Gasteiger partial charge is 0.461 e. The van der Waals surface area contributed by atoms with E-state index in [1.54, 1.807) is 6.92 Å². The Morgan fingerprint density at radius 2 is 1.88 bits per heavy atom. The van der Waals surface area contributed by atoms with Crippen molar-refractivity contribution in [3.63, 3.8) is 0 Å². The number of hydrogen-bond donors (Lipinski definition) is 0. The molecule has 2 aromatic rings. The Morgan fingerprint density at radius 1 is 1.23 bits per heavy atom. The Bertz CT molecular complexity index is 824. The van der Waals surface area contributed by atoms with Gasteiger partial charge in [-0.15, -0.1) is 0 Å². The van der Waals surface area contributed by atoms with Crippen LogP contribution < -0.4 is 4.84 Å². The smallest absolute Gasteiger partial charge is 0.417 e. The third-order valence-corrected chi connectivity index (χ3v) is 3.47. The van der Waals surface area contributed by atoms with E-state index >= 15 is 0 Å². The fraction of sp³-hybridized carbons (Fsp3) is 0.188. The van der Waals surface area contributed by atoms with E-state index in [-0.39, 0.29) is 12.3 Å². The summed E-state index contributed by atoms with van der Waals surface area (Å²) in [5.74, 6) is -1.19. The van der Waals surface area contributed by atoms with E-state index < -0.39 is 28.6 Å². The predicted octanol–water partition coefficient (Wildman–Crippen LogP) is 4.75. The van der Waals surface area contributed by atoms with Gasteiger partial charge in [0, 0.05) is 16.8 Å². The standard InChI is InChI=1S/C16H11Cl2F3N2O3/c1-2-25-15(24)13(9-3-5-11(17)6-4-9)23-26-14-12(18)7-10(8-22-14)16(19,20)21/h3-8H,2H2,1H3. The molecule has 0 aliphatic carbocycles. The fourth-order valence-corrected chi connectivity index (χ4v) is 2.08. The van der Waals surface area contributed by atoms with Crippen LogP contribution in [0.2, 0.25) is 10.0 Å². The number of halogens is 5. The number of aromatic nitrogens is 1. The first-order valence-corrected chi connectivity index (χ1v) is 7.88. The summed E-state index contributed by atoms with van der Waals surface area (Å²) in [6, 6.07) is 6.70. The van der Waals surface area contributed by atoms with Gasteiger partial charge < -0.3 is 9.57 Å². The second kappa shape index (κ2) is 8.37. The number of pyridine rings is 1. The Labute approximate surface area is 156 Å². The van der Waals surface area contributed by atoms with Crippen LogP contribution in [0.5, 0.6) is 5.88 Å². The first-order chi connectivity index (χ1) is 12.2. The first-order valence-electron chi connectivity index (χ1n) is 7.13. The summed E-state index contributed by atoms with van der Waals surface area (Å²) >= 11 is 11.5. The number of esters is 1. The molecule has 0 saturated heterocycles. The molecular formula is C16H11Cl2F3N2O3. The lowest BCUT2D eigenvalue weighted by Gasteiger charge is -2.09. The van der Waals surface area contributed by atoms with Crippen LogP contribution in [0.25, 0.3) is 0 Å². The maximum Gasteiger partial charge on any atom is 0.417 e. The molecule has 0 bridgehead atoms. The van der Waals surface area contributed by atoms with E-state index in [2.05, 4.69) is 10.1 Å². The van der Waals surface area contributed by atoms with Gasteiger partial charge in [0.25, 0.3) is 5.88 Å². The molecule has 26 heavy (non-hydrogen) atoms. The van der Waals surface area contributed by atoms with Gasteiger partial charge in [-0.05, 0) is 25.1 Å². The number of nitrogens with zero attached hydrogens (tertiary/aromatic N) is 2. The van der Waals surface area contributed by atoms with E-state index in [9.17, 15) is 18.0 Å². The van der Waals surface area contributed by atoms with Crippen molar-refractivity contribution < 1.29 is 27.5 Å². The number of benzene rings is 1. The van der Waals surface area contributed by atoms with Crippen LogP contribution in [-0.2, 0) is 15.7 Å². The molecule has 5 nitrogen and oxygen atoms in total. The molecule has 0 unspecified atom stereocenters. The van der Waals surface area contributed by atoms with E-state index in [1.807, 2.05) is 0 Å². The van der Waals surface area contributed by atoms with Crippen molar-refractivity contribution in [2.45, 2.75) is 13.1 Å². The molecule has 2 rings (SSSR count). The molecule has 0 amide bonds. The highest BCUT2D eigenvalue weighted by Crippen LogP contribution is 2.33. The normalized spacial score (nSPS) is 12.0. The number of oxime groups is 1. The summed E-state index contributed by atoms with van der Waals surface area (Å²) in [5, 5.41) is 3.66. The molecule has 0 spiro atoms. The van der Waals surface area contributed by atoms with Gasteiger partial charge in [0.05, 0.1) is 12.2 Å². The van der Waals surface area contributed by atoms with Gasteiger partial charge in [-0.25, -0.2) is 9.78 Å². The number of carbonyl (C=O) groups excluding carboxylic acids is 1. The summed E-state index contributed by atoms with van der Waals surface area (Å²) < 4.78 is 42.7. The molecule has 0 fully saturated rings. The van der Waals surface area contributed by atoms with Crippen molar-refractivity contribution in [1.29, 1.82) is 0 Å². The van der Waals surface area contributed by atoms with Gasteiger partial charge >= 0.3 is 12.1 Å². The average Bonchev–Trinajstić information content (AvgIpc) is 2.57. The predicted molar refractivity (Wildman–Crippen MR) is 89.5 cm³/mol. The molecule has 10 heteroatoms. The summed E-state index contributed by atoms with van der Waals surface area (Å²) in [6.45, 7) is 1.69. The van der Waals surface area contributed by atoms with Gasteiger partial charge in [0.1, 0.15) is 5.02 Å². The van der Waals surface area contributed by atoms with Crippen molar-refractivity contribution in [2.24, 2.45) is 5.16 Å². The Kier molecular flexibility index (Phi) is 6.44. The number of hydrogen-bond acceptors (Lipinski definition) is 5. The zero-order valence-corrected chi connectivity index (χ0v) is 14.7. The molecule has 0 saturated carbocycles. The lowest BCUT2D eigenvalue weighted by molar-refractivity contribution is -0.138. The fourth-order valence-electron chi connectivity index (χ4n) is 1.75. The Balaban J connectivity index is 2.33. The number of ether oxygens (including phenoxy) is 1. The zero-order valence-electron chi connectivity index (χ0n) is 13.2. The minimum atomic E-state index is -4.60. The highest BCUT2D eigenvalue weighted by molar-refractivity contribution is 6.43. The van der Waals surface area contributed by atoms with Gasteiger partial charge in [0.15, 0.2) is 5.71 Å². The molecule has 1 aromatic carbocycles. The van der Waals surface area contributed by atoms with Crippen LogP contribution in [0.3, 0.4) is 0 Å². The second-order valence-electron chi connectivity index (χ2n) is 4.77. The highest BCUT2D eigenvalue weighted by Gasteiger charge is 2.32. The van der Waals surface area contributed by atoms with Crippen LogP contribution in [0.15, 0.2) is 41.7 Å². The molecule has 0 aliphatic heterocycles. The quantitative estimate of drug-likeness (QED) is 0.408. The van der Waals surface area contributed by atoms with Crippen molar-refractivity contribution in [3.8, 4) is 5.88 Å². The number of carbonyl (C=O) groups is 1. The van der Waals surface area contributed by atoms with Crippen molar-refractivity contribution in [2.75, 3.05) is 6.61 Å². The summed E-state index contributed by atoms with van der Waals surface area (Å²) in [4.78, 5) is 20.5. The van der Waals surface area contributed by atoms with Gasteiger partial charge in [-0.1, -0.05) is 40.5 Å². The first kappa shape index (κ1) is 20.0. The summed E-state index contributed by atoms with van der Waals surface area (Å²) in [5.41, 5.74) is -0.931. The average molecular weight is 407 g/mol. The van der Waals surface area contributed by atoms with E-state index in [0.717, 1.165) is 0 Å². The molecule has 0 N–H and O–H groups in total. The van der Waals surface area contributed by atoms with Crippen LogP contribution in [-0.4, -0.2) is 23.3 Å². The maximum absolute atomic E-state index is 12.6. The topological polar surface area (TPSA) is 60.8 Å². The molecule has 138 valence electrons. The third-order valence-electron chi connectivity index (χ3n) is 2.94. The van der Waals surface area contributed by atoms with Crippen LogP contribution in [0.1, 0.15) is 18.1 Å². The van der Waals surface area contributed by atoms with Gasteiger partial charge in [0.2, 0.25) is 0 Å². The van der Waals surface area contributed by atoms with Crippen LogP contribution in [0, 0.1) is 0 Å². The lowest BCUT2D eigenvalue weighted by atomic mass is 10.1. The Hall–Kier alpha value is -2.32. The van der Waals surface area contributed by atoms with Crippen molar-refractivity contribution in [3.05, 3.63) is 57.7 Å². The van der Waals surface area contributed by atoms with E-state index in [4.69, 9.17) is 32.8 Å². The highest BCUT2D eigenvalue weighted by atomic mass is 35.5. The number of rotatable bonds is 5. The van der Waals surface area contributed by atoms with Gasteiger partial charge in [-0.2, -0.15) is 13.2 Å². The maximum atomic E-state index is 12.6. The van der Waals surface area contributed by atoms with E-state index in [1.165, 1.54) is 24.3 Å². The molecular weight excluding hydrogens is 396 g/mol. The van der Waals surface area contributed by atoms with Crippen molar-refractivity contribution >= 4 is 34.9 Å². The molecule has 0 atom stereocenters. The second-order valence-corrected chi connectivity index (χ2v) is 5.61. The molecule has 1 heterocycles.